The zero-order valence-electron chi connectivity index (χ0n) is 11.4. The maximum atomic E-state index is 12.4. The molecule has 0 bridgehead atoms. The zero-order chi connectivity index (χ0) is 13.4. The van der Waals surface area contributed by atoms with E-state index in [2.05, 4.69) is 5.32 Å². The molecule has 2 aliphatic carbocycles. The van der Waals surface area contributed by atoms with Gasteiger partial charge < -0.3 is 15.0 Å². The van der Waals surface area contributed by atoms with E-state index < -0.39 is 0 Å². The molecule has 2 amide bonds. The number of nitrogens with one attached hydrogen (secondary N) is 1. The molecule has 3 aliphatic rings. The van der Waals surface area contributed by atoms with Gasteiger partial charge in [-0.3, -0.25) is 9.59 Å². The minimum absolute atomic E-state index is 0.0290. The first-order valence-electron chi connectivity index (χ1n) is 7.35. The molecule has 1 N–H and O–H groups in total. The van der Waals surface area contributed by atoms with Crippen molar-refractivity contribution >= 4 is 11.8 Å². The van der Waals surface area contributed by atoms with Crippen LogP contribution in [-0.4, -0.2) is 48.6 Å². The predicted molar refractivity (Wildman–Crippen MR) is 69.4 cm³/mol. The summed E-state index contributed by atoms with van der Waals surface area (Å²) in [6, 6.07) is -0.654. The number of nitrogens with zero attached hydrogens (tertiary/aromatic N) is 1. The van der Waals surface area contributed by atoms with Crippen LogP contribution in [0.3, 0.4) is 0 Å². The van der Waals surface area contributed by atoms with E-state index in [1.54, 1.807) is 11.8 Å². The Kier molecular flexibility index (Phi) is 3.48. The van der Waals surface area contributed by atoms with E-state index in [1.807, 2.05) is 0 Å². The van der Waals surface area contributed by atoms with Gasteiger partial charge in [0.05, 0.1) is 6.61 Å². The van der Waals surface area contributed by atoms with Crippen molar-refractivity contribution in [2.45, 2.75) is 44.7 Å². The second kappa shape index (κ2) is 5.12. The molecule has 2 atom stereocenters. The molecule has 0 aromatic carbocycles. The van der Waals surface area contributed by atoms with E-state index in [1.165, 1.54) is 12.8 Å². The number of hydrogen-bond acceptors (Lipinski definition) is 3. The largest absolute Gasteiger partial charge is 0.379 e. The Bertz CT molecular complexity index is 377. The molecule has 106 valence electrons. The van der Waals surface area contributed by atoms with Crippen molar-refractivity contribution in [1.82, 2.24) is 10.2 Å². The third-order valence-electron chi connectivity index (χ3n) is 4.31. The maximum Gasteiger partial charge on any atom is 0.246 e. The quantitative estimate of drug-likeness (QED) is 0.714. The van der Waals surface area contributed by atoms with Crippen LogP contribution in [0.2, 0.25) is 0 Å². The van der Waals surface area contributed by atoms with Crippen LogP contribution in [0, 0.1) is 11.8 Å². The third kappa shape index (κ3) is 2.91. The molecule has 1 aliphatic heterocycles. The lowest BCUT2D eigenvalue weighted by molar-refractivity contribution is -0.150. The summed E-state index contributed by atoms with van der Waals surface area (Å²) in [5.41, 5.74) is 0. The molecular weight excluding hydrogens is 244 g/mol. The van der Waals surface area contributed by atoms with Crippen molar-refractivity contribution < 1.29 is 14.3 Å². The Morgan fingerprint density at radius 3 is 2.63 bits per heavy atom. The highest BCUT2D eigenvalue weighted by atomic mass is 16.5. The van der Waals surface area contributed by atoms with E-state index >= 15 is 0 Å². The molecule has 1 saturated heterocycles. The van der Waals surface area contributed by atoms with Crippen molar-refractivity contribution in [3.63, 3.8) is 0 Å². The molecule has 2 saturated carbocycles. The maximum absolute atomic E-state index is 12.4. The fourth-order valence-electron chi connectivity index (χ4n) is 2.60. The van der Waals surface area contributed by atoms with Crippen LogP contribution in [0.25, 0.3) is 0 Å². The van der Waals surface area contributed by atoms with E-state index in [9.17, 15) is 9.59 Å². The Labute approximate surface area is 113 Å². The lowest BCUT2D eigenvalue weighted by Crippen LogP contribution is -2.63. The van der Waals surface area contributed by atoms with Crippen molar-refractivity contribution in [3.8, 4) is 0 Å². The van der Waals surface area contributed by atoms with Gasteiger partial charge in [-0.1, -0.05) is 0 Å². The molecule has 0 spiro atoms. The molecule has 5 heteroatoms. The standard InChI is InChI=1S/C14H22N2O3/c1-9-13(17)15-12(11-4-5-11)14(18)16(9)6-7-19-8-10-2-3-10/h9-12H,2-8H2,1H3,(H,15,17). The van der Waals surface area contributed by atoms with Gasteiger partial charge >= 0.3 is 0 Å². The van der Waals surface area contributed by atoms with Crippen LogP contribution in [-0.2, 0) is 14.3 Å². The van der Waals surface area contributed by atoms with Crippen LogP contribution >= 0.6 is 0 Å². The number of ether oxygens (including phenoxy) is 1. The number of piperazine rings is 1. The van der Waals surface area contributed by atoms with Gasteiger partial charge in [-0.15, -0.1) is 0 Å². The highest BCUT2D eigenvalue weighted by molar-refractivity contribution is 5.97. The fraction of sp³-hybridized carbons (Fsp3) is 0.857. The Hall–Kier alpha value is -1.10. The lowest BCUT2D eigenvalue weighted by atomic mass is 10.0. The van der Waals surface area contributed by atoms with E-state index in [4.69, 9.17) is 4.74 Å². The van der Waals surface area contributed by atoms with Crippen LogP contribution in [0.15, 0.2) is 0 Å². The Balaban J connectivity index is 1.53. The minimum Gasteiger partial charge on any atom is -0.379 e. The second-order valence-electron chi connectivity index (χ2n) is 6.05. The van der Waals surface area contributed by atoms with Crippen molar-refractivity contribution in [1.29, 1.82) is 0 Å². The van der Waals surface area contributed by atoms with Crippen molar-refractivity contribution in [2.75, 3.05) is 19.8 Å². The SMILES string of the molecule is CC1C(=O)NC(C2CC2)C(=O)N1CCOCC1CC1. The zero-order valence-corrected chi connectivity index (χ0v) is 11.4. The third-order valence-corrected chi connectivity index (χ3v) is 4.31. The first kappa shape index (κ1) is 12.9. The number of carbonyl (C=O) groups is 2. The van der Waals surface area contributed by atoms with Gasteiger partial charge in [0, 0.05) is 13.2 Å². The highest BCUT2D eigenvalue weighted by Crippen LogP contribution is 2.35. The number of carbonyl (C=O) groups excluding carboxylic acids is 2. The normalized spacial score (nSPS) is 31.5. The molecule has 3 rings (SSSR count). The number of amides is 2. The molecule has 0 aromatic heterocycles. The van der Waals surface area contributed by atoms with Crippen LogP contribution in [0.1, 0.15) is 32.6 Å². The van der Waals surface area contributed by atoms with E-state index in [0.29, 0.717) is 19.1 Å². The summed E-state index contributed by atoms with van der Waals surface area (Å²) in [5, 5.41) is 2.86. The first-order chi connectivity index (χ1) is 9.16. The van der Waals surface area contributed by atoms with Gasteiger partial charge in [0.25, 0.3) is 0 Å². The molecule has 0 aromatic rings. The van der Waals surface area contributed by atoms with Crippen molar-refractivity contribution in [2.24, 2.45) is 11.8 Å². The number of hydrogen-bond donors (Lipinski definition) is 1. The average molecular weight is 266 g/mol. The summed E-state index contributed by atoms with van der Waals surface area (Å²) < 4.78 is 5.58. The summed E-state index contributed by atoms with van der Waals surface area (Å²) in [4.78, 5) is 25.9. The summed E-state index contributed by atoms with van der Waals surface area (Å²) in [6.45, 7) is 3.66. The molecule has 5 nitrogen and oxygen atoms in total. The van der Waals surface area contributed by atoms with E-state index in [0.717, 1.165) is 25.4 Å². The first-order valence-corrected chi connectivity index (χ1v) is 7.35. The van der Waals surface area contributed by atoms with E-state index in [-0.39, 0.29) is 23.9 Å². The minimum atomic E-state index is -0.368. The highest BCUT2D eigenvalue weighted by Gasteiger charge is 2.45. The van der Waals surface area contributed by atoms with Gasteiger partial charge in [0.1, 0.15) is 12.1 Å². The summed E-state index contributed by atoms with van der Waals surface area (Å²) in [7, 11) is 0. The van der Waals surface area contributed by atoms with Crippen molar-refractivity contribution in [3.05, 3.63) is 0 Å². The lowest BCUT2D eigenvalue weighted by Gasteiger charge is -2.37. The molecule has 2 unspecified atom stereocenters. The van der Waals surface area contributed by atoms with Gasteiger partial charge in [0.2, 0.25) is 11.8 Å². The summed E-state index contributed by atoms with van der Waals surface area (Å²) in [5.74, 6) is 1.14. The Morgan fingerprint density at radius 1 is 1.26 bits per heavy atom. The molecule has 3 fully saturated rings. The molecule has 1 heterocycles. The summed E-state index contributed by atoms with van der Waals surface area (Å²) >= 11 is 0. The second-order valence-corrected chi connectivity index (χ2v) is 6.05. The average Bonchev–Trinajstić information content (AvgIpc) is 3.26. The number of rotatable bonds is 6. The van der Waals surface area contributed by atoms with Gasteiger partial charge in [-0.05, 0) is 44.4 Å². The summed E-state index contributed by atoms with van der Waals surface area (Å²) in [6.07, 6.45) is 4.64. The monoisotopic (exact) mass is 266 g/mol. The predicted octanol–water partition coefficient (Wildman–Crippen LogP) is 0.538. The molecule has 0 radical (unpaired) electrons. The molecular formula is C14H22N2O3. The van der Waals surface area contributed by atoms with Gasteiger partial charge in [0.15, 0.2) is 0 Å². The smallest absolute Gasteiger partial charge is 0.246 e. The fourth-order valence-corrected chi connectivity index (χ4v) is 2.60. The molecule has 19 heavy (non-hydrogen) atoms. The topological polar surface area (TPSA) is 58.6 Å². The Morgan fingerprint density at radius 2 is 2.00 bits per heavy atom. The van der Waals surface area contributed by atoms with Gasteiger partial charge in [-0.25, -0.2) is 0 Å². The van der Waals surface area contributed by atoms with Crippen LogP contribution in [0.4, 0.5) is 0 Å². The van der Waals surface area contributed by atoms with Gasteiger partial charge in [-0.2, -0.15) is 0 Å². The van der Waals surface area contributed by atoms with Crippen LogP contribution in [0.5, 0.6) is 0 Å². The van der Waals surface area contributed by atoms with Crippen LogP contribution < -0.4 is 5.32 Å².